The van der Waals surface area contributed by atoms with Crippen LogP contribution in [-0.4, -0.2) is 55.6 Å². The van der Waals surface area contributed by atoms with E-state index in [4.69, 9.17) is 16.3 Å². The highest BCUT2D eigenvalue weighted by Crippen LogP contribution is 2.20. The zero-order valence-corrected chi connectivity index (χ0v) is 16.9. The predicted octanol–water partition coefficient (Wildman–Crippen LogP) is 2.12. The summed E-state index contributed by atoms with van der Waals surface area (Å²) in [6.07, 6.45) is 0.543. The summed E-state index contributed by atoms with van der Waals surface area (Å²) < 4.78 is 5.13. The summed E-state index contributed by atoms with van der Waals surface area (Å²) in [5, 5.41) is 8.57. The fraction of sp³-hybridized carbons (Fsp3) is 0.421. The minimum Gasteiger partial charge on any atom is -0.463 e. The molecule has 152 valence electrons. The van der Waals surface area contributed by atoms with E-state index >= 15 is 0 Å². The summed E-state index contributed by atoms with van der Waals surface area (Å²) in [7, 11) is 1.72. The van der Waals surface area contributed by atoms with Gasteiger partial charge in [0.2, 0.25) is 5.91 Å². The van der Waals surface area contributed by atoms with Crippen LogP contribution >= 0.6 is 11.6 Å². The van der Waals surface area contributed by atoms with Crippen molar-refractivity contribution in [3.05, 3.63) is 40.6 Å². The number of anilines is 1. The number of esters is 1. The summed E-state index contributed by atoms with van der Waals surface area (Å²) in [5.74, 6) is -0.744. The summed E-state index contributed by atoms with van der Waals surface area (Å²) in [6.45, 7) is 4.07. The molecule has 0 unspecified atom stereocenters. The van der Waals surface area contributed by atoms with Gasteiger partial charge in [-0.2, -0.15) is 0 Å². The molecule has 0 spiro atoms. The Labute approximate surface area is 169 Å². The lowest BCUT2D eigenvalue weighted by molar-refractivity contribution is -0.139. The van der Waals surface area contributed by atoms with Crippen LogP contribution < -0.4 is 16.0 Å². The van der Waals surface area contributed by atoms with Crippen molar-refractivity contribution in [3.8, 4) is 0 Å². The van der Waals surface area contributed by atoms with Crippen LogP contribution in [0.3, 0.4) is 0 Å². The number of para-hydroxylation sites is 1. The van der Waals surface area contributed by atoms with Gasteiger partial charge in [-0.15, -0.1) is 0 Å². The van der Waals surface area contributed by atoms with E-state index in [1.54, 1.807) is 43.1 Å². The van der Waals surface area contributed by atoms with E-state index in [1.807, 2.05) is 6.92 Å². The molecule has 0 bridgehead atoms. The number of amides is 3. The molecule has 0 saturated heterocycles. The number of carbonyl (C=O) groups is 3. The Morgan fingerprint density at radius 2 is 2.00 bits per heavy atom. The van der Waals surface area contributed by atoms with Crippen LogP contribution in [0.15, 0.2) is 35.5 Å². The first-order valence-electron chi connectivity index (χ1n) is 9.06. The summed E-state index contributed by atoms with van der Waals surface area (Å²) in [6, 6.07) is 6.12. The highest BCUT2D eigenvalue weighted by molar-refractivity contribution is 6.33. The van der Waals surface area contributed by atoms with Gasteiger partial charge in [0.25, 0.3) is 0 Å². The van der Waals surface area contributed by atoms with Crippen LogP contribution in [0.1, 0.15) is 20.3 Å². The summed E-state index contributed by atoms with van der Waals surface area (Å²) in [5.41, 5.74) is 1.33. The zero-order valence-electron chi connectivity index (χ0n) is 16.2. The molecule has 1 aromatic carbocycles. The molecule has 1 heterocycles. The van der Waals surface area contributed by atoms with Gasteiger partial charge in [0.15, 0.2) is 0 Å². The highest BCUT2D eigenvalue weighted by atomic mass is 35.5. The number of hydrogen-bond acceptors (Lipinski definition) is 5. The molecule has 1 aromatic rings. The fourth-order valence-electron chi connectivity index (χ4n) is 2.91. The summed E-state index contributed by atoms with van der Waals surface area (Å²) >= 11 is 6.05. The largest absolute Gasteiger partial charge is 0.463 e. The van der Waals surface area contributed by atoms with Crippen LogP contribution in [0.25, 0.3) is 0 Å². The van der Waals surface area contributed by atoms with Crippen molar-refractivity contribution in [1.82, 2.24) is 15.5 Å². The molecule has 3 amide bonds. The Balaban J connectivity index is 2.10. The van der Waals surface area contributed by atoms with E-state index in [0.29, 0.717) is 28.4 Å². The molecule has 1 aliphatic heterocycles. The Morgan fingerprint density at radius 1 is 1.29 bits per heavy atom. The predicted molar refractivity (Wildman–Crippen MR) is 107 cm³/mol. The molecule has 0 aliphatic carbocycles. The maximum atomic E-state index is 12.4. The van der Waals surface area contributed by atoms with E-state index in [-0.39, 0.29) is 31.6 Å². The normalized spacial score (nSPS) is 16.5. The second-order valence-electron chi connectivity index (χ2n) is 6.37. The number of carbonyl (C=O) groups excluding carboxylic acids is 3. The summed E-state index contributed by atoms with van der Waals surface area (Å²) in [4.78, 5) is 38.3. The number of nitrogens with zero attached hydrogens (tertiary/aromatic N) is 1. The van der Waals surface area contributed by atoms with Crippen LogP contribution in [-0.2, 0) is 14.3 Å². The van der Waals surface area contributed by atoms with Gasteiger partial charge in [-0.1, -0.05) is 30.7 Å². The molecule has 8 nitrogen and oxygen atoms in total. The number of halogens is 1. The topological polar surface area (TPSA) is 99.8 Å². The average Bonchev–Trinajstić information content (AvgIpc) is 2.63. The highest BCUT2D eigenvalue weighted by Gasteiger charge is 2.31. The average molecular weight is 409 g/mol. The third-order valence-electron chi connectivity index (χ3n) is 4.14. The SMILES string of the molecule is CCOC(=O)C1=C(CN(C)CC(=O)Nc2ccccc2Cl)NC(=O)N[C@H]1CC. The van der Waals surface area contributed by atoms with Crippen molar-refractivity contribution in [1.29, 1.82) is 0 Å². The fourth-order valence-corrected chi connectivity index (χ4v) is 3.09. The van der Waals surface area contributed by atoms with Gasteiger partial charge in [-0.3, -0.25) is 9.69 Å². The first-order chi connectivity index (χ1) is 13.3. The second-order valence-corrected chi connectivity index (χ2v) is 6.78. The first-order valence-corrected chi connectivity index (χ1v) is 9.44. The van der Waals surface area contributed by atoms with Gasteiger partial charge in [-0.05, 0) is 32.5 Å². The minimum absolute atomic E-state index is 0.0465. The van der Waals surface area contributed by atoms with Crippen molar-refractivity contribution < 1.29 is 19.1 Å². The Bertz CT molecular complexity index is 781. The molecule has 1 aliphatic rings. The van der Waals surface area contributed by atoms with E-state index < -0.39 is 12.0 Å². The standard InChI is InChI=1S/C19H25ClN4O4/c1-4-13-17(18(26)28-5-2)15(23-19(27)22-13)10-24(3)11-16(25)21-14-9-7-6-8-12(14)20/h6-9,13H,4-5,10-11H2,1-3H3,(H,21,25)(H2,22,23,27)/t13-/m0/s1. The molecule has 0 aromatic heterocycles. The third kappa shape index (κ3) is 5.71. The van der Waals surface area contributed by atoms with Crippen molar-refractivity contribution in [3.63, 3.8) is 0 Å². The van der Waals surface area contributed by atoms with Gasteiger partial charge in [0.05, 0.1) is 35.5 Å². The maximum Gasteiger partial charge on any atom is 0.337 e. The third-order valence-corrected chi connectivity index (χ3v) is 4.47. The number of nitrogens with one attached hydrogen (secondary N) is 3. The van der Waals surface area contributed by atoms with Gasteiger partial charge in [-0.25, -0.2) is 9.59 Å². The van der Waals surface area contributed by atoms with Crippen molar-refractivity contribution in [2.75, 3.05) is 32.1 Å². The molecular weight excluding hydrogens is 384 g/mol. The van der Waals surface area contributed by atoms with Gasteiger partial charge >= 0.3 is 12.0 Å². The number of likely N-dealkylation sites (N-methyl/N-ethyl adjacent to an activating group) is 1. The van der Waals surface area contributed by atoms with E-state index in [2.05, 4.69) is 16.0 Å². The Morgan fingerprint density at radius 3 is 2.64 bits per heavy atom. The van der Waals surface area contributed by atoms with Crippen molar-refractivity contribution >= 4 is 35.2 Å². The number of ether oxygens (including phenoxy) is 1. The molecule has 2 rings (SSSR count). The maximum absolute atomic E-state index is 12.4. The smallest absolute Gasteiger partial charge is 0.337 e. The van der Waals surface area contributed by atoms with Crippen LogP contribution in [0, 0.1) is 0 Å². The van der Waals surface area contributed by atoms with E-state index in [1.165, 1.54) is 0 Å². The minimum atomic E-state index is -0.481. The lowest BCUT2D eigenvalue weighted by Gasteiger charge is -2.30. The lowest BCUT2D eigenvalue weighted by Crippen LogP contribution is -2.52. The first kappa shape index (κ1) is 21.7. The number of urea groups is 1. The van der Waals surface area contributed by atoms with Crippen LogP contribution in [0.2, 0.25) is 5.02 Å². The lowest BCUT2D eigenvalue weighted by atomic mass is 10.00. The Hall–Kier alpha value is -2.58. The number of hydrogen-bond donors (Lipinski definition) is 3. The molecular formula is C19H25ClN4O4. The Kier molecular flexibility index (Phi) is 7.83. The second kappa shape index (κ2) is 10.1. The number of rotatable bonds is 8. The molecule has 9 heteroatoms. The number of benzene rings is 1. The van der Waals surface area contributed by atoms with E-state index in [0.717, 1.165) is 0 Å². The molecule has 28 heavy (non-hydrogen) atoms. The van der Waals surface area contributed by atoms with Crippen molar-refractivity contribution in [2.24, 2.45) is 0 Å². The molecule has 0 fully saturated rings. The zero-order chi connectivity index (χ0) is 20.7. The monoisotopic (exact) mass is 408 g/mol. The van der Waals surface area contributed by atoms with Gasteiger partial charge < -0.3 is 20.7 Å². The molecule has 1 atom stereocenters. The molecule has 3 N–H and O–H groups in total. The van der Waals surface area contributed by atoms with Crippen LogP contribution in [0.4, 0.5) is 10.5 Å². The van der Waals surface area contributed by atoms with Gasteiger partial charge in [0, 0.05) is 12.2 Å². The molecule has 0 radical (unpaired) electrons. The van der Waals surface area contributed by atoms with E-state index in [9.17, 15) is 14.4 Å². The quantitative estimate of drug-likeness (QED) is 0.572. The van der Waals surface area contributed by atoms with Crippen molar-refractivity contribution in [2.45, 2.75) is 26.3 Å². The van der Waals surface area contributed by atoms with Gasteiger partial charge in [0.1, 0.15) is 0 Å². The molecule has 0 saturated carbocycles. The van der Waals surface area contributed by atoms with Crippen LogP contribution in [0.5, 0.6) is 0 Å².